The summed E-state index contributed by atoms with van der Waals surface area (Å²) in [6.45, 7) is 6.07. The molecule has 0 aromatic heterocycles. The number of amides is 1. The maximum Gasteiger partial charge on any atom is 0.230 e. The molecule has 0 aliphatic carbocycles. The Morgan fingerprint density at radius 2 is 2.16 bits per heavy atom. The van der Waals surface area contributed by atoms with Crippen molar-refractivity contribution in [2.24, 2.45) is 11.1 Å². The zero-order chi connectivity index (χ0) is 14.5. The largest absolute Gasteiger partial charge is 0.324 e. The highest BCUT2D eigenvalue weighted by molar-refractivity contribution is 6.33. The molecule has 0 spiro atoms. The fraction of sp³-hybridized carbons (Fsp3) is 0.400. The summed E-state index contributed by atoms with van der Waals surface area (Å²) in [5.41, 5.74) is 6.26. The van der Waals surface area contributed by atoms with Gasteiger partial charge in [-0.05, 0) is 24.6 Å². The Kier molecular flexibility index (Phi) is 5.41. The maximum absolute atomic E-state index is 12.1. The molecule has 0 heterocycles. The van der Waals surface area contributed by atoms with Crippen LogP contribution in [-0.4, -0.2) is 12.5 Å². The summed E-state index contributed by atoms with van der Waals surface area (Å²) in [5, 5.41) is 3.35. The van der Waals surface area contributed by atoms with Crippen molar-refractivity contribution in [3.63, 3.8) is 0 Å². The van der Waals surface area contributed by atoms with Gasteiger partial charge in [0, 0.05) is 11.0 Å². The Labute approximate surface area is 119 Å². The molecule has 0 aliphatic rings. The number of anilines is 1. The van der Waals surface area contributed by atoms with E-state index >= 15 is 0 Å². The van der Waals surface area contributed by atoms with Crippen LogP contribution < -0.4 is 11.1 Å². The molecule has 0 fully saturated rings. The van der Waals surface area contributed by atoms with Crippen LogP contribution in [0.25, 0.3) is 0 Å². The fourth-order valence-electron chi connectivity index (χ4n) is 1.30. The van der Waals surface area contributed by atoms with Gasteiger partial charge in [-0.2, -0.15) is 0 Å². The van der Waals surface area contributed by atoms with Crippen molar-refractivity contribution in [1.82, 2.24) is 0 Å². The van der Waals surface area contributed by atoms with Gasteiger partial charge in [0.15, 0.2) is 0 Å². The lowest BCUT2D eigenvalue weighted by Crippen LogP contribution is -2.30. The van der Waals surface area contributed by atoms with Crippen LogP contribution in [0.15, 0.2) is 18.2 Å². The second kappa shape index (κ2) is 6.60. The molecule has 0 saturated heterocycles. The molecule has 1 aromatic rings. The normalized spacial score (nSPS) is 10.6. The lowest BCUT2D eigenvalue weighted by molar-refractivity contribution is -0.124. The number of carbonyl (C=O) groups excluding carboxylic acids is 1. The smallest absolute Gasteiger partial charge is 0.230 e. The van der Waals surface area contributed by atoms with Gasteiger partial charge < -0.3 is 11.1 Å². The minimum atomic E-state index is -0.428. The van der Waals surface area contributed by atoms with E-state index in [0.29, 0.717) is 17.3 Å². The van der Waals surface area contributed by atoms with E-state index in [-0.39, 0.29) is 5.91 Å². The molecule has 1 aromatic carbocycles. The summed E-state index contributed by atoms with van der Waals surface area (Å²) in [6, 6.07) is 5.27. The highest BCUT2D eigenvalue weighted by atomic mass is 35.5. The number of rotatable bonds is 3. The first kappa shape index (κ1) is 15.6. The van der Waals surface area contributed by atoms with Crippen molar-refractivity contribution >= 4 is 23.2 Å². The van der Waals surface area contributed by atoms with Crippen LogP contribution in [0.3, 0.4) is 0 Å². The lowest BCUT2D eigenvalue weighted by Gasteiger charge is -2.21. The molecule has 4 heteroatoms. The summed E-state index contributed by atoms with van der Waals surface area (Å²) in [4.78, 5) is 12.1. The highest BCUT2D eigenvalue weighted by Crippen LogP contribution is 2.27. The number of nitrogens with one attached hydrogen (secondary N) is 1. The zero-order valence-electron chi connectivity index (χ0n) is 11.5. The quantitative estimate of drug-likeness (QED) is 0.835. The Bertz CT molecular complexity index is 527. The molecule has 19 heavy (non-hydrogen) atoms. The average Bonchev–Trinajstić information content (AvgIpc) is 2.39. The number of hydrogen-bond donors (Lipinski definition) is 2. The third kappa shape index (κ3) is 4.27. The summed E-state index contributed by atoms with van der Waals surface area (Å²) >= 11 is 6.08. The van der Waals surface area contributed by atoms with Gasteiger partial charge in [0.2, 0.25) is 5.91 Å². The van der Waals surface area contributed by atoms with E-state index in [1.165, 1.54) is 0 Å². The van der Waals surface area contributed by atoms with Crippen molar-refractivity contribution in [1.29, 1.82) is 0 Å². The average molecular weight is 279 g/mol. The highest BCUT2D eigenvalue weighted by Gasteiger charge is 2.25. The van der Waals surface area contributed by atoms with E-state index in [4.69, 9.17) is 17.3 Å². The molecule has 1 rings (SSSR count). The van der Waals surface area contributed by atoms with E-state index in [2.05, 4.69) is 17.2 Å². The second-order valence-corrected chi connectivity index (χ2v) is 5.30. The molecule has 3 N–H and O–H groups in total. The minimum absolute atomic E-state index is 0.0548. The second-order valence-electron chi connectivity index (χ2n) is 4.89. The van der Waals surface area contributed by atoms with E-state index in [0.717, 1.165) is 12.0 Å². The van der Waals surface area contributed by atoms with E-state index in [1.807, 2.05) is 20.8 Å². The number of hydrogen-bond acceptors (Lipinski definition) is 2. The number of halogens is 1. The number of carbonyl (C=O) groups is 1. The summed E-state index contributed by atoms with van der Waals surface area (Å²) in [6.07, 6.45) is 0.753. The first-order valence-electron chi connectivity index (χ1n) is 6.20. The molecule has 102 valence electrons. The van der Waals surface area contributed by atoms with Crippen LogP contribution in [0.1, 0.15) is 32.8 Å². The van der Waals surface area contributed by atoms with Crippen molar-refractivity contribution in [2.75, 3.05) is 11.9 Å². The minimum Gasteiger partial charge on any atom is -0.324 e. The van der Waals surface area contributed by atoms with Crippen molar-refractivity contribution in [2.45, 2.75) is 27.2 Å². The molecule has 0 radical (unpaired) electrons. The first-order valence-corrected chi connectivity index (χ1v) is 6.58. The van der Waals surface area contributed by atoms with Crippen LogP contribution >= 0.6 is 11.6 Å². The van der Waals surface area contributed by atoms with Gasteiger partial charge >= 0.3 is 0 Å². The van der Waals surface area contributed by atoms with E-state index < -0.39 is 5.41 Å². The van der Waals surface area contributed by atoms with Gasteiger partial charge in [0.05, 0.1) is 17.3 Å². The summed E-state index contributed by atoms with van der Waals surface area (Å²) < 4.78 is 0. The van der Waals surface area contributed by atoms with Crippen molar-refractivity contribution < 1.29 is 4.79 Å². The Morgan fingerprint density at radius 1 is 1.47 bits per heavy atom. The Hall–Kier alpha value is -1.50. The molecular weight excluding hydrogens is 260 g/mol. The third-order valence-corrected chi connectivity index (χ3v) is 3.38. The van der Waals surface area contributed by atoms with Crippen molar-refractivity contribution in [3.8, 4) is 11.8 Å². The van der Waals surface area contributed by atoms with E-state index in [1.54, 1.807) is 18.2 Å². The summed E-state index contributed by atoms with van der Waals surface area (Å²) in [5.74, 6) is 5.63. The third-order valence-electron chi connectivity index (χ3n) is 3.05. The molecule has 0 aliphatic heterocycles. The van der Waals surface area contributed by atoms with Crippen molar-refractivity contribution in [3.05, 3.63) is 28.8 Å². The SMILES string of the molecule is CCC(C)(C)C(=O)Nc1cc(C#CCN)ccc1Cl. The molecule has 0 bridgehead atoms. The molecule has 0 unspecified atom stereocenters. The summed E-state index contributed by atoms with van der Waals surface area (Å²) in [7, 11) is 0. The Balaban J connectivity index is 2.98. The van der Waals surface area contributed by atoms with Gasteiger partial charge in [-0.15, -0.1) is 0 Å². The monoisotopic (exact) mass is 278 g/mol. The number of benzene rings is 1. The maximum atomic E-state index is 12.1. The van der Waals surface area contributed by atoms with Crippen LogP contribution in [0.2, 0.25) is 5.02 Å². The van der Waals surface area contributed by atoms with Crippen LogP contribution in [0.5, 0.6) is 0 Å². The van der Waals surface area contributed by atoms with Gasteiger partial charge in [-0.3, -0.25) is 4.79 Å². The standard InChI is InChI=1S/C15H19ClN2O/c1-4-15(2,3)14(19)18-13-10-11(6-5-9-17)7-8-12(13)16/h7-8,10H,4,9,17H2,1-3H3,(H,18,19). The molecule has 1 amide bonds. The molecular formula is C15H19ClN2O. The number of nitrogens with two attached hydrogens (primary N) is 1. The first-order chi connectivity index (χ1) is 8.90. The lowest BCUT2D eigenvalue weighted by atomic mass is 9.89. The van der Waals surface area contributed by atoms with Gasteiger partial charge in [0.25, 0.3) is 0 Å². The molecule has 3 nitrogen and oxygen atoms in total. The predicted octanol–water partition coefficient (Wildman–Crippen LogP) is 3.02. The van der Waals surface area contributed by atoms with Gasteiger partial charge in [0.1, 0.15) is 0 Å². The topological polar surface area (TPSA) is 55.1 Å². The van der Waals surface area contributed by atoms with Crippen LogP contribution in [0.4, 0.5) is 5.69 Å². The molecule has 0 saturated carbocycles. The van der Waals surface area contributed by atoms with E-state index in [9.17, 15) is 4.79 Å². The Morgan fingerprint density at radius 3 is 2.74 bits per heavy atom. The fourth-order valence-corrected chi connectivity index (χ4v) is 1.47. The predicted molar refractivity (Wildman–Crippen MR) is 80.1 cm³/mol. The van der Waals surface area contributed by atoms with Crippen LogP contribution in [0, 0.1) is 17.3 Å². The van der Waals surface area contributed by atoms with Crippen LogP contribution in [-0.2, 0) is 4.79 Å². The van der Waals surface area contributed by atoms with Gasteiger partial charge in [-0.1, -0.05) is 44.2 Å². The zero-order valence-corrected chi connectivity index (χ0v) is 12.3. The van der Waals surface area contributed by atoms with Gasteiger partial charge in [-0.25, -0.2) is 0 Å². The molecule has 0 atom stereocenters.